The Labute approximate surface area is 99.0 Å². The number of sulfonamides is 1. The number of hydrogen-bond donors (Lipinski definition) is 2. The minimum Gasteiger partial charge on any atom is -0.475 e. The molecule has 94 valence electrons. The van der Waals surface area contributed by atoms with Crippen LogP contribution in [0.15, 0.2) is 34.3 Å². The maximum absolute atomic E-state index is 11.7. The van der Waals surface area contributed by atoms with Crippen molar-refractivity contribution in [2.24, 2.45) is 0 Å². The molecule has 0 aliphatic heterocycles. The van der Waals surface area contributed by atoms with E-state index in [1.807, 2.05) is 0 Å². The average Bonchev–Trinajstić information content (AvgIpc) is 2.65. The molecule has 0 aromatic carbocycles. The number of rotatable bonds is 6. The van der Waals surface area contributed by atoms with Crippen molar-refractivity contribution >= 4 is 16.0 Å². The van der Waals surface area contributed by atoms with E-state index in [0.717, 1.165) is 12.1 Å². The normalized spacial score (nSPS) is 13.2. The summed E-state index contributed by atoms with van der Waals surface area (Å²) in [5.74, 6) is -1.73. The van der Waals surface area contributed by atoms with Crippen LogP contribution in [-0.4, -0.2) is 25.5 Å². The van der Waals surface area contributed by atoms with Gasteiger partial charge in [-0.3, -0.25) is 0 Å². The lowest BCUT2D eigenvalue weighted by Crippen LogP contribution is -2.31. The molecule has 0 spiro atoms. The summed E-state index contributed by atoms with van der Waals surface area (Å²) in [7, 11) is -3.82. The van der Waals surface area contributed by atoms with E-state index in [-0.39, 0.29) is 6.04 Å². The van der Waals surface area contributed by atoms with Crippen molar-refractivity contribution < 1.29 is 22.7 Å². The van der Waals surface area contributed by atoms with Crippen LogP contribution in [0.25, 0.3) is 0 Å². The Morgan fingerprint density at radius 3 is 2.76 bits per heavy atom. The minimum absolute atomic E-state index is 0.337. The fourth-order valence-electron chi connectivity index (χ4n) is 1.20. The summed E-state index contributed by atoms with van der Waals surface area (Å²) in [6.45, 7) is 5.16. The summed E-state index contributed by atoms with van der Waals surface area (Å²) in [4.78, 5) is 10.5. The van der Waals surface area contributed by atoms with Crippen LogP contribution in [0.4, 0.5) is 0 Å². The van der Waals surface area contributed by atoms with Crippen molar-refractivity contribution in [1.82, 2.24) is 4.72 Å². The van der Waals surface area contributed by atoms with Crippen LogP contribution in [0, 0.1) is 0 Å². The molecule has 1 heterocycles. The first kappa shape index (κ1) is 13.5. The van der Waals surface area contributed by atoms with Gasteiger partial charge in [-0.25, -0.2) is 17.9 Å². The van der Waals surface area contributed by atoms with Crippen LogP contribution in [0.3, 0.4) is 0 Å². The zero-order chi connectivity index (χ0) is 13.1. The molecule has 0 saturated carbocycles. The quantitative estimate of drug-likeness (QED) is 0.749. The second kappa shape index (κ2) is 5.15. The van der Waals surface area contributed by atoms with Gasteiger partial charge in [0.15, 0.2) is 0 Å². The highest BCUT2D eigenvalue weighted by molar-refractivity contribution is 7.89. The van der Waals surface area contributed by atoms with E-state index in [4.69, 9.17) is 9.52 Å². The van der Waals surface area contributed by atoms with Gasteiger partial charge in [0, 0.05) is 6.04 Å². The fourth-order valence-corrected chi connectivity index (χ4v) is 2.39. The summed E-state index contributed by atoms with van der Waals surface area (Å²) in [6.07, 6.45) is 2.05. The minimum atomic E-state index is -3.82. The van der Waals surface area contributed by atoms with Gasteiger partial charge < -0.3 is 9.52 Å². The Kier molecular flexibility index (Phi) is 4.08. The third kappa shape index (κ3) is 3.43. The summed E-state index contributed by atoms with van der Waals surface area (Å²) in [5.41, 5.74) is 0. The molecule has 7 heteroatoms. The van der Waals surface area contributed by atoms with Crippen LogP contribution < -0.4 is 4.72 Å². The molecule has 0 aliphatic rings. The lowest BCUT2D eigenvalue weighted by atomic mass is 10.3. The van der Waals surface area contributed by atoms with E-state index in [9.17, 15) is 13.2 Å². The second-order valence-electron chi connectivity index (χ2n) is 3.47. The number of furan rings is 1. The van der Waals surface area contributed by atoms with Crippen molar-refractivity contribution in [2.45, 2.75) is 24.5 Å². The molecule has 6 nitrogen and oxygen atoms in total. The highest BCUT2D eigenvalue weighted by Crippen LogP contribution is 2.14. The summed E-state index contributed by atoms with van der Waals surface area (Å²) < 4.78 is 30.5. The maximum Gasteiger partial charge on any atom is 0.371 e. The first-order valence-corrected chi connectivity index (χ1v) is 6.31. The zero-order valence-electron chi connectivity index (χ0n) is 9.21. The van der Waals surface area contributed by atoms with Gasteiger partial charge in [-0.05, 0) is 25.5 Å². The molecular weight excluding hydrogens is 246 g/mol. The van der Waals surface area contributed by atoms with E-state index in [1.165, 1.54) is 0 Å². The van der Waals surface area contributed by atoms with Crippen molar-refractivity contribution in [3.8, 4) is 0 Å². The summed E-state index contributed by atoms with van der Waals surface area (Å²) in [6, 6.07) is 1.86. The number of carboxylic acids is 1. The predicted octanol–water partition coefficient (Wildman–Crippen LogP) is 1.22. The molecule has 0 aliphatic carbocycles. The molecule has 0 amide bonds. The topological polar surface area (TPSA) is 96.6 Å². The highest BCUT2D eigenvalue weighted by atomic mass is 32.2. The number of nitrogens with one attached hydrogen (secondary N) is 1. The maximum atomic E-state index is 11.7. The first-order chi connectivity index (χ1) is 7.86. The Morgan fingerprint density at radius 2 is 2.29 bits per heavy atom. The highest BCUT2D eigenvalue weighted by Gasteiger charge is 2.22. The summed E-state index contributed by atoms with van der Waals surface area (Å²) >= 11 is 0. The standard InChI is InChI=1S/C10H13NO5S/c1-3-4-7(2)11-17(14,15)9-6-5-8(16-9)10(12)13/h3,5-7,11H,1,4H2,2H3,(H,12,13). The van der Waals surface area contributed by atoms with Gasteiger partial charge in [0.05, 0.1) is 0 Å². The molecular formula is C10H13NO5S. The van der Waals surface area contributed by atoms with Gasteiger partial charge >= 0.3 is 5.97 Å². The largest absolute Gasteiger partial charge is 0.475 e. The molecule has 1 rings (SSSR count). The van der Waals surface area contributed by atoms with E-state index < -0.39 is 26.8 Å². The molecule has 17 heavy (non-hydrogen) atoms. The third-order valence-electron chi connectivity index (χ3n) is 1.93. The van der Waals surface area contributed by atoms with E-state index in [1.54, 1.807) is 13.0 Å². The van der Waals surface area contributed by atoms with E-state index in [0.29, 0.717) is 6.42 Å². The average molecular weight is 259 g/mol. The molecule has 0 fully saturated rings. The Morgan fingerprint density at radius 1 is 1.65 bits per heavy atom. The molecule has 1 unspecified atom stereocenters. The van der Waals surface area contributed by atoms with Gasteiger partial charge in [0.2, 0.25) is 10.9 Å². The molecule has 2 N–H and O–H groups in total. The van der Waals surface area contributed by atoms with E-state index >= 15 is 0 Å². The van der Waals surface area contributed by atoms with Crippen LogP contribution >= 0.6 is 0 Å². The Balaban J connectivity index is 2.89. The molecule has 1 aromatic heterocycles. The lowest BCUT2D eigenvalue weighted by Gasteiger charge is -2.09. The van der Waals surface area contributed by atoms with Gasteiger partial charge in [0.25, 0.3) is 10.0 Å². The van der Waals surface area contributed by atoms with Crippen LogP contribution in [-0.2, 0) is 10.0 Å². The van der Waals surface area contributed by atoms with Crippen molar-refractivity contribution in [3.63, 3.8) is 0 Å². The number of aromatic carboxylic acids is 1. The molecule has 0 saturated heterocycles. The van der Waals surface area contributed by atoms with E-state index in [2.05, 4.69) is 11.3 Å². The number of hydrogen-bond acceptors (Lipinski definition) is 4. The SMILES string of the molecule is C=CCC(C)NS(=O)(=O)c1ccc(C(=O)O)o1. The van der Waals surface area contributed by atoms with Crippen LogP contribution in [0.5, 0.6) is 0 Å². The molecule has 0 radical (unpaired) electrons. The monoisotopic (exact) mass is 259 g/mol. The zero-order valence-corrected chi connectivity index (χ0v) is 10.0. The van der Waals surface area contributed by atoms with Crippen LogP contribution in [0.2, 0.25) is 0 Å². The van der Waals surface area contributed by atoms with Gasteiger partial charge in [-0.15, -0.1) is 6.58 Å². The second-order valence-corrected chi connectivity index (χ2v) is 5.12. The third-order valence-corrected chi connectivity index (χ3v) is 3.40. The first-order valence-electron chi connectivity index (χ1n) is 4.83. The van der Waals surface area contributed by atoms with Gasteiger partial charge in [-0.1, -0.05) is 6.08 Å². The summed E-state index contributed by atoms with van der Waals surface area (Å²) in [5, 5.41) is 8.20. The predicted molar refractivity (Wildman–Crippen MR) is 60.3 cm³/mol. The Hall–Kier alpha value is -1.60. The lowest BCUT2D eigenvalue weighted by molar-refractivity contribution is 0.0656. The fraction of sp³-hybridized carbons (Fsp3) is 0.300. The molecule has 1 aromatic rings. The van der Waals surface area contributed by atoms with Crippen molar-refractivity contribution in [1.29, 1.82) is 0 Å². The van der Waals surface area contributed by atoms with Crippen molar-refractivity contribution in [3.05, 3.63) is 30.5 Å². The van der Waals surface area contributed by atoms with Gasteiger partial charge in [0.1, 0.15) is 0 Å². The Bertz CT molecular complexity index is 517. The smallest absolute Gasteiger partial charge is 0.371 e. The number of carbonyl (C=O) groups is 1. The number of carboxylic acid groups (broad SMARTS) is 1. The van der Waals surface area contributed by atoms with Crippen molar-refractivity contribution in [2.75, 3.05) is 0 Å². The molecule has 0 bridgehead atoms. The molecule has 1 atom stereocenters. The van der Waals surface area contributed by atoms with Crippen LogP contribution in [0.1, 0.15) is 23.9 Å². The van der Waals surface area contributed by atoms with Gasteiger partial charge in [-0.2, -0.15) is 0 Å².